The minimum absolute atomic E-state index is 0.143. The van der Waals surface area contributed by atoms with Gasteiger partial charge in [0, 0.05) is 33.6 Å². The van der Waals surface area contributed by atoms with Gasteiger partial charge in [-0.25, -0.2) is 9.78 Å². The van der Waals surface area contributed by atoms with Gasteiger partial charge in [0.25, 0.3) is 0 Å². The Bertz CT molecular complexity index is 1630. The summed E-state index contributed by atoms with van der Waals surface area (Å²) >= 11 is 2.93. The summed E-state index contributed by atoms with van der Waals surface area (Å²) in [5, 5.41) is 15.3. The van der Waals surface area contributed by atoms with E-state index in [9.17, 15) is 9.59 Å². The fraction of sp³-hybridized carbons (Fsp3) is 0.387. The Kier molecular flexibility index (Phi) is 7.12. The van der Waals surface area contributed by atoms with E-state index in [2.05, 4.69) is 60.6 Å². The maximum atomic E-state index is 13.0. The molecule has 206 valence electrons. The molecule has 6 rings (SSSR count). The van der Waals surface area contributed by atoms with Crippen molar-refractivity contribution in [2.75, 3.05) is 17.7 Å². The predicted octanol–water partition coefficient (Wildman–Crippen LogP) is 7.18. The van der Waals surface area contributed by atoms with Crippen LogP contribution in [0, 0.1) is 11.3 Å². The highest BCUT2D eigenvalue weighted by Crippen LogP contribution is 2.46. The number of anilines is 1. The smallest absolute Gasteiger partial charge is 0.341 e. The molecule has 7 nitrogen and oxygen atoms in total. The lowest BCUT2D eigenvalue weighted by atomic mass is 9.72. The number of aromatic nitrogens is 3. The normalized spacial score (nSPS) is 15.6. The summed E-state index contributed by atoms with van der Waals surface area (Å²) in [7, 11) is 0. The van der Waals surface area contributed by atoms with Crippen LogP contribution in [0.3, 0.4) is 0 Å². The molecule has 0 aliphatic heterocycles. The van der Waals surface area contributed by atoms with Crippen molar-refractivity contribution in [1.82, 2.24) is 15.2 Å². The van der Waals surface area contributed by atoms with Gasteiger partial charge in [-0.2, -0.15) is 0 Å². The van der Waals surface area contributed by atoms with E-state index in [1.165, 1.54) is 28.0 Å². The molecule has 2 aromatic heterocycles. The van der Waals surface area contributed by atoms with Gasteiger partial charge >= 0.3 is 5.97 Å². The van der Waals surface area contributed by atoms with Crippen molar-refractivity contribution >= 4 is 50.7 Å². The monoisotopic (exact) mass is 572 g/mol. The second kappa shape index (κ2) is 10.6. The van der Waals surface area contributed by atoms with Crippen molar-refractivity contribution in [2.45, 2.75) is 58.5 Å². The van der Waals surface area contributed by atoms with Gasteiger partial charge in [-0.1, -0.05) is 68.9 Å². The molecule has 2 aromatic carbocycles. The van der Waals surface area contributed by atoms with Crippen LogP contribution in [0.15, 0.2) is 41.6 Å². The lowest BCUT2D eigenvalue weighted by molar-refractivity contribution is -0.115. The molecule has 40 heavy (non-hydrogen) atoms. The average Bonchev–Trinajstić information content (AvgIpc) is 3.44. The third-order valence-corrected chi connectivity index (χ3v) is 9.87. The van der Waals surface area contributed by atoms with Gasteiger partial charge in [0.2, 0.25) is 11.1 Å². The summed E-state index contributed by atoms with van der Waals surface area (Å²) in [5.74, 6) is 0.534. The van der Waals surface area contributed by atoms with E-state index < -0.39 is 0 Å². The van der Waals surface area contributed by atoms with E-state index >= 15 is 0 Å². The molecule has 2 aliphatic rings. The first kappa shape index (κ1) is 26.9. The van der Waals surface area contributed by atoms with Gasteiger partial charge in [-0.15, -0.1) is 21.5 Å². The molecule has 0 saturated heterocycles. The van der Waals surface area contributed by atoms with Gasteiger partial charge in [-0.3, -0.25) is 4.79 Å². The standard InChI is InChI=1S/C31H32N4O3S2/c1-5-38-29(37)25-19-13-12-18(31(2,3)4)16-22(19)40-28(25)32-23(36)14-15-39-30-33-26-20-10-6-8-17-9-7-11-21(24(17)20)27(26)34-35-30/h6-11,18H,5,12-16H2,1-4H3,(H,32,36). The van der Waals surface area contributed by atoms with Crippen LogP contribution in [-0.4, -0.2) is 39.4 Å². The molecule has 4 aromatic rings. The number of carbonyl (C=O) groups excluding carboxylic acids is 2. The maximum Gasteiger partial charge on any atom is 0.341 e. The number of fused-ring (bicyclic) bond motifs is 4. The average molecular weight is 573 g/mol. The highest BCUT2D eigenvalue weighted by molar-refractivity contribution is 7.99. The number of amides is 1. The summed E-state index contributed by atoms with van der Waals surface area (Å²) in [5.41, 5.74) is 5.54. The topological polar surface area (TPSA) is 94.1 Å². The van der Waals surface area contributed by atoms with Crippen LogP contribution in [0.2, 0.25) is 0 Å². The molecule has 2 aliphatic carbocycles. The van der Waals surface area contributed by atoms with Gasteiger partial charge in [0.15, 0.2) is 0 Å². The predicted molar refractivity (Wildman–Crippen MR) is 161 cm³/mol. The van der Waals surface area contributed by atoms with Crippen molar-refractivity contribution in [3.8, 4) is 22.5 Å². The number of ether oxygens (including phenoxy) is 1. The highest BCUT2D eigenvalue weighted by Gasteiger charge is 2.34. The number of rotatable bonds is 7. The van der Waals surface area contributed by atoms with E-state index in [0.29, 0.717) is 34.0 Å². The fourth-order valence-electron chi connectivity index (χ4n) is 5.73. The zero-order chi connectivity index (χ0) is 28.0. The summed E-state index contributed by atoms with van der Waals surface area (Å²) in [6.45, 7) is 8.90. The Morgan fingerprint density at radius 2 is 1.85 bits per heavy atom. The fourth-order valence-corrected chi connectivity index (χ4v) is 7.79. The number of carbonyl (C=O) groups is 2. The van der Waals surface area contributed by atoms with Crippen molar-refractivity contribution in [2.24, 2.45) is 11.3 Å². The molecule has 1 unspecified atom stereocenters. The number of hydrogen-bond acceptors (Lipinski definition) is 8. The van der Waals surface area contributed by atoms with Crippen LogP contribution in [0.4, 0.5) is 5.00 Å². The SMILES string of the molecule is CCOC(=O)c1c(NC(=O)CCSc2nnc3c(n2)-c2cccc4cccc-3c24)sc2c1CCC(C(C)(C)C)C2. The molecule has 1 atom stereocenters. The lowest BCUT2D eigenvalue weighted by Gasteiger charge is -2.33. The Balaban J connectivity index is 1.14. The molecule has 9 heteroatoms. The number of hydrogen-bond donors (Lipinski definition) is 1. The Hall–Kier alpha value is -3.30. The minimum Gasteiger partial charge on any atom is -0.462 e. The second-order valence-electron chi connectivity index (χ2n) is 11.4. The Labute approximate surface area is 242 Å². The van der Waals surface area contributed by atoms with E-state index in [-0.39, 0.29) is 23.7 Å². The van der Waals surface area contributed by atoms with Crippen LogP contribution in [0.25, 0.3) is 33.3 Å². The Morgan fingerprint density at radius 1 is 1.10 bits per heavy atom. The lowest BCUT2D eigenvalue weighted by Crippen LogP contribution is -2.26. The van der Waals surface area contributed by atoms with E-state index in [0.717, 1.165) is 58.1 Å². The van der Waals surface area contributed by atoms with Gasteiger partial charge in [-0.05, 0) is 48.5 Å². The third kappa shape index (κ3) is 4.90. The quantitative estimate of drug-likeness (QED) is 0.163. The molecule has 2 heterocycles. The number of benzene rings is 2. The number of esters is 1. The molecular formula is C31H32N4O3S2. The molecule has 1 N–H and O–H groups in total. The first-order valence-corrected chi connectivity index (χ1v) is 15.6. The number of thioether (sulfide) groups is 1. The molecule has 0 radical (unpaired) electrons. The van der Waals surface area contributed by atoms with Gasteiger partial charge in [0.05, 0.1) is 12.2 Å². The molecule has 0 spiro atoms. The van der Waals surface area contributed by atoms with Crippen molar-refractivity contribution in [3.05, 3.63) is 52.4 Å². The molecule has 1 amide bonds. The first-order chi connectivity index (χ1) is 19.2. The van der Waals surface area contributed by atoms with Crippen LogP contribution >= 0.6 is 23.1 Å². The summed E-state index contributed by atoms with van der Waals surface area (Å²) < 4.78 is 5.38. The number of thiophene rings is 1. The van der Waals surface area contributed by atoms with E-state index in [4.69, 9.17) is 9.72 Å². The number of nitrogens with one attached hydrogen (secondary N) is 1. The van der Waals surface area contributed by atoms with Crippen molar-refractivity contribution < 1.29 is 14.3 Å². The number of nitrogens with zero attached hydrogens (tertiary/aromatic N) is 3. The van der Waals surface area contributed by atoms with E-state index in [1.807, 2.05) is 12.1 Å². The summed E-state index contributed by atoms with van der Waals surface area (Å²) in [6, 6.07) is 12.4. The zero-order valence-corrected chi connectivity index (χ0v) is 24.8. The molecule has 0 fully saturated rings. The first-order valence-electron chi connectivity index (χ1n) is 13.8. The van der Waals surface area contributed by atoms with Crippen LogP contribution in [0.1, 0.15) is 61.3 Å². The Morgan fingerprint density at radius 3 is 2.58 bits per heavy atom. The zero-order valence-electron chi connectivity index (χ0n) is 23.2. The van der Waals surface area contributed by atoms with Crippen LogP contribution in [0.5, 0.6) is 0 Å². The minimum atomic E-state index is -0.354. The summed E-state index contributed by atoms with van der Waals surface area (Å²) in [6.07, 6.45) is 3.03. The van der Waals surface area contributed by atoms with Gasteiger partial charge in [0.1, 0.15) is 16.4 Å². The maximum absolute atomic E-state index is 13.0. The van der Waals surface area contributed by atoms with Crippen molar-refractivity contribution in [3.63, 3.8) is 0 Å². The van der Waals surface area contributed by atoms with Crippen LogP contribution < -0.4 is 5.32 Å². The van der Waals surface area contributed by atoms with Crippen molar-refractivity contribution in [1.29, 1.82) is 0 Å². The summed E-state index contributed by atoms with van der Waals surface area (Å²) in [4.78, 5) is 31.9. The second-order valence-corrected chi connectivity index (χ2v) is 13.5. The molecular weight excluding hydrogens is 541 g/mol. The molecule has 0 saturated carbocycles. The van der Waals surface area contributed by atoms with Gasteiger partial charge < -0.3 is 10.1 Å². The van der Waals surface area contributed by atoms with E-state index in [1.54, 1.807) is 6.92 Å². The third-order valence-electron chi connectivity index (χ3n) is 7.87. The largest absolute Gasteiger partial charge is 0.462 e. The highest BCUT2D eigenvalue weighted by atomic mass is 32.2. The molecule has 0 bridgehead atoms. The van der Waals surface area contributed by atoms with Crippen LogP contribution in [-0.2, 0) is 22.4 Å².